The molecule has 0 aromatic carbocycles. The third-order valence-corrected chi connectivity index (χ3v) is 2.70. The van der Waals surface area contributed by atoms with E-state index in [1.807, 2.05) is 0 Å². The van der Waals surface area contributed by atoms with E-state index in [-0.39, 0.29) is 12.5 Å². The summed E-state index contributed by atoms with van der Waals surface area (Å²) in [7, 11) is 0. The van der Waals surface area contributed by atoms with Gasteiger partial charge in [0.2, 0.25) is 0 Å². The van der Waals surface area contributed by atoms with Crippen LogP contribution >= 0.6 is 0 Å². The van der Waals surface area contributed by atoms with Crippen molar-refractivity contribution in [3.8, 4) is 0 Å². The minimum atomic E-state index is -2.18. The van der Waals surface area contributed by atoms with E-state index in [2.05, 4.69) is 0 Å². The van der Waals surface area contributed by atoms with Crippen molar-refractivity contribution < 1.29 is 14.6 Å². The highest BCUT2D eigenvalue weighted by atomic mass is 19.1. The fourth-order valence-electron chi connectivity index (χ4n) is 2.09. The van der Waals surface area contributed by atoms with Gasteiger partial charge in [-0.05, 0) is 12.8 Å². The number of alkyl halides is 1. The van der Waals surface area contributed by atoms with Crippen LogP contribution in [0.5, 0.6) is 0 Å². The fraction of sp³-hybridized carbons (Fsp3) is 1.00. The van der Waals surface area contributed by atoms with Crippen molar-refractivity contribution in [2.24, 2.45) is 0 Å². The standard InChI is InChI=1S/C7H12FNO2/c8-6-4-5-2-1-3-9(5)7(6,10)11/h5-6,10-11H,1-4H2. The van der Waals surface area contributed by atoms with Crippen LogP contribution in [0.4, 0.5) is 4.39 Å². The van der Waals surface area contributed by atoms with Gasteiger partial charge in [0.25, 0.3) is 5.91 Å². The summed E-state index contributed by atoms with van der Waals surface area (Å²) in [6.45, 7) is 0.609. The highest BCUT2D eigenvalue weighted by molar-refractivity contribution is 4.96. The molecule has 4 heteroatoms. The molecule has 0 aromatic heterocycles. The lowest BCUT2D eigenvalue weighted by Crippen LogP contribution is -2.49. The third kappa shape index (κ3) is 0.898. The Morgan fingerprint density at radius 2 is 2.18 bits per heavy atom. The average Bonchev–Trinajstić information content (AvgIpc) is 2.41. The van der Waals surface area contributed by atoms with Gasteiger partial charge in [0.05, 0.1) is 0 Å². The Kier molecular flexibility index (Phi) is 1.46. The van der Waals surface area contributed by atoms with Gasteiger partial charge in [-0.3, -0.25) is 0 Å². The van der Waals surface area contributed by atoms with Gasteiger partial charge in [-0.15, -0.1) is 0 Å². The molecule has 0 aromatic rings. The summed E-state index contributed by atoms with van der Waals surface area (Å²) in [6, 6.07) is 0.0556. The molecular weight excluding hydrogens is 149 g/mol. The first-order valence-electron chi connectivity index (χ1n) is 3.98. The maximum Gasteiger partial charge on any atom is 0.258 e. The molecule has 0 saturated carbocycles. The summed E-state index contributed by atoms with van der Waals surface area (Å²) in [5, 5.41) is 18.5. The molecule has 11 heavy (non-hydrogen) atoms. The molecule has 2 aliphatic rings. The van der Waals surface area contributed by atoms with Crippen molar-refractivity contribution in [1.29, 1.82) is 0 Å². The molecule has 0 radical (unpaired) electrons. The van der Waals surface area contributed by atoms with Crippen LogP contribution in [0, 0.1) is 0 Å². The average molecular weight is 161 g/mol. The minimum absolute atomic E-state index is 0.0556. The number of aliphatic hydroxyl groups is 2. The van der Waals surface area contributed by atoms with Gasteiger partial charge < -0.3 is 10.2 Å². The van der Waals surface area contributed by atoms with Crippen LogP contribution in [0.15, 0.2) is 0 Å². The molecule has 0 aliphatic carbocycles. The van der Waals surface area contributed by atoms with Crippen molar-refractivity contribution in [3.05, 3.63) is 0 Å². The Balaban J connectivity index is 2.20. The molecule has 2 aliphatic heterocycles. The quantitative estimate of drug-likeness (QED) is 0.485. The molecule has 2 rings (SSSR count). The molecule has 64 valence electrons. The molecule has 0 amide bonds. The van der Waals surface area contributed by atoms with Crippen molar-refractivity contribution in [2.45, 2.75) is 37.4 Å². The highest BCUT2D eigenvalue weighted by Crippen LogP contribution is 2.38. The van der Waals surface area contributed by atoms with Gasteiger partial charge in [-0.25, -0.2) is 9.29 Å². The predicted molar refractivity (Wildman–Crippen MR) is 36.4 cm³/mol. The normalized spacial score (nSPS) is 42.8. The van der Waals surface area contributed by atoms with Gasteiger partial charge in [-0.1, -0.05) is 0 Å². The van der Waals surface area contributed by atoms with Crippen LogP contribution in [0.2, 0.25) is 0 Å². The molecule has 3 nitrogen and oxygen atoms in total. The maximum absolute atomic E-state index is 12.9. The van der Waals surface area contributed by atoms with Crippen molar-refractivity contribution in [1.82, 2.24) is 4.90 Å². The lowest BCUT2D eigenvalue weighted by atomic mass is 10.1. The van der Waals surface area contributed by atoms with E-state index in [1.165, 1.54) is 4.90 Å². The van der Waals surface area contributed by atoms with Crippen molar-refractivity contribution in [2.75, 3.05) is 6.54 Å². The van der Waals surface area contributed by atoms with Gasteiger partial charge >= 0.3 is 0 Å². The highest BCUT2D eigenvalue weighted by Gasteiger charge is 2.53. The van der Waals surface area contributed by atoms with E-state index in [9.17, 15) is 14.6 Å². The molecule has 2 unspecified atom stereocenters. The van der Waals surface area contributed by atoms with Crippen LogP contribution in [-0.2, 0) is 0 Å². The Morgan fingerprint density at radius 3 is 2.82 bits per heavy atom. The van der Waals surface area contributed by atoms with Gasteiger partial charge in [0, 0.05) is 19.0 Å². The maximum atomic E-state index is 12.9. The number of nitrogens with zero attached hydrogens (tertiary/aromatic N) is 1. The Morgan fingerprint density at radius 1 is 1.45 bits per heavy atom. The first kappa shape index (κ1) is 7.46. The number of hydrogen-bond acceptors (Lipinski definition) is 3. The summed E-state index contributed by atoms with van der Waals surface area (Å²) < 4.78 is 12.9. The molecular formula is C7H12FNO2. The summed E-state index contributed by atoms with van der Waals surface area (Å²) in [4.78, 5) is 1.46. The molecule has 2 atom stereocenters. The van der Waals surface area contributed by atoms with Crippen LogP contribution in [0.1, 0.15) is 19.3 Å². The van der Waals surface area contributed by atoms with Gasteiger partial charge in [0.15, 0.2) is 6.17 Å². The van der Waals surface area contributed by atoms with Crippen LogP contribution < -0.4 is 0 Å². The second-order valence-corrected chi connectivity index (χ2v) is 3.38. The minimum Gasteiger partial charge on any atom is -0.351 e. The van der Waals surface area contributed by atoms with Crippen molar-refractivity contribution >= 4 is 0 Å². The van der Waals surface area contributed by atoms with E-state index < -0.39 is 12.1 Å². The van der Waals surface area contributed by atoms with Crippen molar-refractivity contribution in [3.63, 3.8) is 0 Å². The number of rotatable bonds is 0. The van der Waals surface area contributed by atoms with Gasteiger partial charge in [-0.2, -0.15) is 0 Å². The summed E-state index contributed by atoms with van der Waals surface area (Å²) in [5.41, 5.74) is 0. The van der Waals surface area contributed by atoms with Gasteiger partial charge in [0.1, 0.15) is 0 Å². The monoisotopic (exact) mass is 161 g/mol. The number of fused-ring (bicyclic) bond motifs is 1. The van der Waals surface area contributed by atoms with E-state index >= 15 is 0 Å². The molecule has 2 heterocycles. The zero-order valence-electron chi connectivity index (χ0n) is 6.20. The molecule has 0 bridgehead atoms. The molecule has 0 spiro atoms. The first-order valence-corrected chi connectivity index (χ1v) is 3.98. The second-order valence-electron chi connectivity index (χ2n) is 3.38. The van der Waals surface area contributed by atoms with E-state index in [1.54, 1.807) is 0 Å². The number of hydrogen-bond donors (Lipinski definition) is 2. The summed E-state index contributed by atoms with van der Waals surface area (Å²) >= 11 is 0. The topological polar surface area (TPSA) is 43.7 Å². The zero-order valence-corrected chi connectivity index (χ0v) is 6.20. The smallest absolute Gasteiger partial charge is 0.258 e. The number of halogens is 1. The zero-order chi connectivity index (χ0) is 8.06. The molecule has 2 fully saturated rings. The molecule has 2 saturated heterocycles. The van der Waals surface area contributed by atoms with Crippen LogP contribution in [0.25, 0.3) is 0 Å². The SMILES string of the molecule is OC1(O)C(F)CC2CCCN21. The first-order chi connectivity index (χ1) is 5.12. The Bertz CT molecular complexity index is 174. The Hall–Kier alpha value is -0.190. The van der Waals surface area contributed by atoms with Crippen LogP contribution in [0.3, 0.4) is 0 Å². The molecule has 2 N–H and O–H groups in total. The lowest BCUT2D eigenvalue weighted by molar-refractivity contribution is -0.271. The fourth-order valence-corrected chi connectivity index (χ4v) is 2.09. The predicted octanol–water partition coefficient (Wildman–Crippen LogP) is -0.169. The van der Waals surface area contributed by atoms with Crippen LogP contribution in [-0.4, -0.2) is 39.8 Å². The summed E-state index contributed by atoms with van der Waals surface area (Å²) in [6.07, 6.45) is 0.615. The summed E-state index contributed by atoms with van der Waals surface area (Å²) in [5.74, 6) is -2.18. The van der Waals surface area contributed by atoms with E-state index in [4.69, 9.17) is 0 Å². The van der Waals surface area contributed by atoms with E-state index in [0.717, 1.165) is 12.8 Å². The Labute approximate surface area is 64.4 Å². The third-order valence-electron chi connectivity index (χ3n) is 2.70. The van der Waals surface area contributed by atoms with E-state index in [0.29, 0.717) is 6.54 Å². The lowest BCUT2D eigenvalue weighted by Gasteiger charge is -2.27. The largest absolute Gasteiger partial charge is 0.351 e. The second kappa shape index (κ2) is 2.15.